The second-order valence-electron chi connectivity index (χ2n) is 3.72. The first-order valence-corrected chi connectivity index (χ1v) is 4.85. The largest absolute Gasteiger partial charge is 0.298 e. The second-order valence-corrected chi connectivity index (χ2v) is 4.17. The van der Waals surface area contributed by atoms with E-state index in [9.17, 15) is 4.79 Å². The average Bonchev–Trinajstić information content (AvgIpc) is 2.07. The second kappa shape index (κ2) is 4.77. The van der Waals surface area contributed by atoms with Crippen LogP contribution in [0.1, 0.15) is 20.3 Å². The maximum atomic E-state index is 10.6. The first kappa shape index (κ1) is 10.7. The van der Waals surface area contributed by atoms with E-state index in [-0.39, 0.29) is 0 Å². The fourth-order valence-corrected chi connectivity index (χ4v) is 1.69. The molecule has 0 bridgehead atoms. The van der Waals surface area contributed by atoms with Crippen LogP contribution < -0.4 is 0 Å². The lowest BCUT2D eigenvalue weighted by atomic mass is 10.1. The van der Waals surface area contributed by atoms with Crippen molar-refractivity contribution in [3.05, 3.63) is 16.5 Å². The van der Waals surface area contributed by atoms with Gasteiger partial charge in [0.15, 0.2) is 0 Å². The molecule has 1 aliphatic rings. The molecule has 1 rings (SSSR count). The van der Waals surface area contributed by atoms with Crippen LogP contribution in [0.2, 0.25) is 0 Å². The van der Waals surface area contributed by atoms with Gasteiger partial charge in [0, 0.05) is 30.2 Å². The van der Waals surface area contributed by atoms with E-state index >= 15 is 0 Å². The molecule has 0 saturated heterocycles. The molecule has 0 amide bonds. The summed E-state index contributed by atoms with van der Waals surface area (Å²) >= 11 is 5.90. The molecular weight excluding hydrogens is 186 g/mol. The van der Waals surface area contributed by atoms with E-state index in [0.717, 1.165) is 36.4 Å². The molecule has 0 aromatic heterocycles. The normalized spacial score (nSPS) is 19.7. The van der Waals surface area contributed by atoms with Gasteiger partial charge in [0.25, 0.3) is 0 Å². The van der Waals surface area contributed by atoms with Gasteiger partial charge in [-0.25, -0.2) is 0 Å². The number of carbonyl (C=O) groups is 1. The summed E-state index contributed by atoms with van der Waals surface area (Å²) in [7, 11) is 0. The van der Waals surface area contributed by atoms with Crippen molar-refractivity contribution < 1.29 is 4.79 Å². The van der Waals surface area contributed by atoms with Crippen LogP contribution in [0.4, 0.5) is 0 Å². The molecule has 1 heterocycles. The number of nitrogens with zero attached hydrogens (tertiary/aromatic N) is 1. The minimum atomic E-state index is 0.702. The van der Waals surface area contributed by atoms with Crippen molar-refractivity contribution in [2.24, 2.45) is 0 Å². The highest BCUT2D eigenvalue weighted by atomic mass is 35.5. The molecular formula is C10H15ClNO. The molecule has 73 valence electrons. The number of aldehydes is 1. The van der Waals surface area contributed by atoms with Crippen molar-refractivity contribution >= 4 is 17.9 Å². The zero-order chi connectivity index (χ0) is 9.84. The molecule has 0 aromatic carbocycles. The van der Waals surface area contributed by atoms with E-state index in [1.54, 1.807) is 0 Å². The van der Waals surface area contributed by atoms with Gasteiger partial charge in [-0.3, -0.25) is 9.69 Å². The zero-order valence-corrected chi connectivity index (χ0v) is 8.90. The van der Waals surface area contributed by atoms with E-state index in [1.165, 1.54) is 5.92 Å². The van der Waals surface area contributed by atoms with E-state index in [0.29, 0.717) is 6.54 Å². The van der Waals surface area contributed by atoms with Gasteiger partial charge in [-0.2, -0.15) is 0 Å². The van der Waals surface area contributed by atoms with Gasteiger partial charge in [0.1, 0.15) is 6.29 Å². The van der Waals surface area contributed by atoms with Crippen LogP contribution in [0.3, 0.4) is 0 Å². The molecule has 0 fully saturated rings. The molecule has 0 spiro atoms. The summed E-state index contributed by atoms with van der Waals surface area (Å²) in [6.07, 6.45) is 1.68. The maximum absolute atomic E-state index is 10.6. The highest BCUT2D eigenvalue weighted by Gasteiger charge is 2.17. The molecule has 0 unspecified atom stereocenters. The number of halogens is 1. The van der Waals surface area contributed by atoms with Gasteiger partial charge < -0.3 is 0 Å². The molecule has 1 aliphatic heterocycles. The Morgan fingerprint density at radius 3 is 2.85 bits per heavy atom. The lowest BCUT2D eigenvalue weighted by Crippen LogP contribution is -2.33. The van der Waals surface area contributed by atoms with E-state index < -0.39 is 0 Å². The van der Waals surface area contributed by atoms with Crippen molar-refractivity contribution in [2.75, 3.05) is 19.6 Å². The van der Waals surface area contributed by atoms with Crippen molar-refractivity contribution in [3.8, 4) is 0 Å². The van der Waals surface area contributed by atoms with Crippen molar-refractivity contribution in [1.29, 1.82) is 0 Å². The summed E-state index contributed by atoms with van der Waals surface area (Å²) < 4.78 is 0. The van der Waals surface area contributed by atoms with Crippen LogP contribution in [-0.2, 0) is 4.79 Å². The Bertz CT molecular complexity index is 223. The number of carbonyl (C=O) groups excluding carboxylic acids is 1. The third-order valence-corrected chi connectivity index (χ3v) is 2.50. The SMILES string of the molecule is C[C](C)CN1CCC(Cl)=C(C=O)C1. The lowest BCUT2D eigenvalue weighted by molar-refractivity contribution is -0.105. The van der Waals surface area contributed by atoms with Crippen LogP contribution >= 0.6 is 11.6 Å². The van der Waals surface area contributed by atoms with Crippen molar-refractivity contribution in [3.63, 3.8) is 0 Å². The topological polar surface area (TPSA) is 20.3 Å². The molecule has 0 aliphatic carbocycles. The van der Waals surface area contributed by atoms with Gasteiger partial charge in [-0.1, -0.05) is 25.4 Å². The quantitative estimate of drug-likeness (QED) is 0.650. The Kier molecular flexibility index (Phi) is 3.94. The van der Waals surface area contributed by atoms with Crippen LogP contribution in [-0.4, -0.2) is 30.8 Å². The fraction of sp³-hybridized carbons (Fsp3) is 0.600. The Morgan fingerprint density at radius 1 is 1.62 bits per heavy atom. The molecule has 13 heavy (non-hydrogen) atoms. The summed E-state index contributed by atoms with van der Waals surface area (Å²) in [5.41, 5.74) is 0.745. The van der Waals surface area contributed by atoms with Crippen LogP contribution in [0.15, 0.2) is 10.6 Å². The summed E-state index contributed by atoms with van der Waals surface area (Å²) in [5, 5.41) is 0.736. The Balaban J connectivity index is 2.54. The Hall–Kier alpha value is -0.340. The summed E-state index contributed by atoms with van der Waals surface area (Å²) in [5.74, 6) is 1.36. The van der Waals surface area contributed by atoms with E-state index in [1.807, 2.05) is 0 Å². The number of rotatable bonds is 3. The molecule has 0 N–H and O–H groups in total. The minimum absolute atomic E-state index is 0.702. The molecule has 2 nitrogen and oxygen atoms in total. The fourth-order valence-electron chi connectivity index (χ4n) is 1.51. The smallest absolute Gasteiger partial charge is 0.148 e. The van der Waals surface area contributed by atoms with Gasteiger partial charge in [0.05, 0.1) is 0 Å². The van der Waals surface area contributed by atoms with E-state index in [4.69, 9.17) is 11.6 Å². The predicted molar refractivity (Wildman–Crippen MR) is 54.6 cm³/mol. The molecule has 0 aromatic rings. The standard InChI is InChI=1S/C10H15ClNO/c1-8(2)5-12-4-3-10(11)9(6-12)7-13/h7H,3-6H2,1-2H3. The van der Waals surface area contributed by atoms with Gasteiger partial charge in [-0.15, -0.1) is 0 Å². The minimum Gasteiger partial charge on any atom is -0.298 e. The summed E-state index contributed by atoms with van der Waals surface area (Å²) in [6.45, 7) is 6.82. The van der Waals surface area contributed by atoms with Crippen LogP contribution in [0.5, 0.6) is 0 Å². The highest BCUT2D eigenvalue weighted by Crippen LogP contribution is 2.20. The number of hydrogen-bond acceptors (Lipinski definition) is 2. The Labute approximate surface area is 84.6 Å². The molecule has 3 heteroatoms. The lowest BCUT2D eigenvalue weighted by Gasteiger charge is -2.28. The number of hydrogen-bond donors (Lipinski definition) is 0. The zero-order valence-electron chi connectivity index (χ0n) is 8.14. The monoisotopic (exact) mass is 200 g/mol. The third kappa shape index (κ3) is 3.12. The molecule has 0 saturated carbocycles. The van der Waals surface area contributed by atoms with Crippen LogP contribution in [0.25, 0.3) is 0 Å². The third-order valence-electron chi connectivity index (χ3n) is 2.07. The van der Waals surface area contributed by atoms with Crippen LogP contribution in [0, 0.1) is 5.92 Å². The average molecular weight is 201 g/mol. The summed E-state index contributed by atoms with van der Waals surface area (Å²) in [6, 6.07) is 0. The molecule has 1 radical (unpaired) electrons. The first-order chi connectivity index (χ1) is 6.13. The van der Waals surface area contributed by atoms with Crippen molar-refractivity contribution in [2.45, 2.75) is 20.3 Å². The van der Waals surface area contributed by atoms with E-state index in [2.05, 4.69) is 18.7 Å². The Morgan fingerprint density at radius 2 is 2.31 bits per heavy atom. The first-order valence-electron chi connectivity index (χ1n) is 4.47. The predicted octanol–water partition coefficient (Wildman–Crippen LogP) is 2.00. The highest BCUT2D eigenvalue weighted by molar-refractivity contribution is 6.31. The maximum Gasteiger partial charge on any atom is 0.148 e. The van der Waals surface area contributed by atoms with Gasteiger partial charge >= 0.3 is 0 Å². The van der Waals surface area contributed by atoms with Crippen molar-refractivity contribution in [1.82, 2.24) is 4.90 Å². The molecule has 0 atom stereocenters. The van der Waals surface area contributed by atoms with Gasteiger partial charge in [-0.05, 0) is 12.3 Å². The van der Waals surface area contributed by atoms with Gasteiger partial charge in [0.2, 0.25) is 0 Å². The summed E-state index contributed by atoms with van der Waals surface area (Å²) in [4.78, 5) is 12.9.